The predicted octanol–water partition coefficient (Wildman–Crippen LogP) is 5.71. The lowest BCUT2D eigenvalue weighted by atomic mass is 10.1. The fraction of sp³-hybridized carbons (Fsp3) is 0.440. The van der Waals surface area contributed by atoms with Gasteiger partial charge < -0.3 is 15.0 Å². The molecule has 2 rings (SSSR count). The second-order valence-corrected chi connectivity index (χ2v) is 9.88. The van der Waals surface area contributed by atoms with Crippen molar-refractivity contribution in [2.24, 2.45) is 0 Å². The summed E-state index contributed by atoms with van der Waals surface area (Å²) in [5.41, 5.74) is 2.38. The highest BCUT2D eigenvalue weighted by Gasteiger charge is 2.31. The van der Waals surface area contributed by atoms with Gasteiger partial charge in [-0.05, 0) is 82.0 Å². The molecule has 2 amide bonds. The summed E-state index contributed by atoms with van der Waals surface area (Å²) >= 11 is 12.4. The molecule has 2 aromatic carbocycles. The predicted molar refractivity (Wildman–Crippen MR) is 130 cm³/mol. The Kier molecular flexibility index (Phi) is 8.99. The van der Waals surface area contributed by atoms with Gasteiger partial charge in [-0.15, -0.1) is 0 Å². The van der Waals surface area contributed by atoms with Gasteiger partial charge in [0.05, 0.1) is 0 Å². The maximum atomic E-state index is 13.3. The van der Waals surface area contributed by atoms with Crippen LogP contribution in [0.4, 0.5) is 0 Å². The van der Waals surface area contributed by atoms with Crippen LogP contribution in [0.5, 0.6) is 5.75 Å². The molecule has 0 bridgehead atoms. The standard InChI is InChI=1S/C25H32Cl2N2O3/c1-7-22(24(31)28-25(4,5)6)29(14-18-8-9-19(26)13-21(18)27)23(30)15-32-20-11-16(2)10-17(3)12-20/h8-13,22H,7,14-15H2,1-6H3,(H,28,31)/t22-/m0/s1. The number of aryl methyl sites for hydroxylation is 2. The first-order valence-corrected chi connectivity index (χ1v) is 11.4. The van der Waals surface area contributed by atoms with Crippen LogP contribution in [0.3, 0.4) is 0 Å². The normalized spacial score (nSPS) is 12.2. The smallest absolute Gasteiger partial charge is 0.261 e. The van der Waals surface area contributed by atoms with Crippen molar-refractivity contribution in [3.05, 3.63) is 63.1 Å². The SMILES string of the molecule is CC[C@@H](C(=O)NC(C)(C)C)N(Cc1ccc(Cl)cc1Cl)C(=O)COc1cc(C)cc(C)c1. The van der Waals surface area contributed by atoms with Gasteiger partial charge in [-0.25, -0.2) is 0 Å². The summed E-state index contributed by atoms with van der Waals surface area (Å²) in [5.74, 6) is 0.100. The number of carbonyl (C=O) groups is 2. The number of ether oxygens (including phenoxy) is 1. The maximum Gasteiger partial charge on any atom is 0.261 e. The van der Waals surface area contributed by atoms with Crippen LogP contribution in [0.15, 0.2) is 36.4 Å². The largest absolute Gasteiger partial charge is 0.484 e. The summed E-state index contributed by atoms with van der Waals surface area (Å²) in [7, 11) is 0. The van der Waals surface area contributed by atoms with Gasteiger partial charge in [0.2, 0.25) is 5.91 Å². The Hall–Kier alpha value is -2.24. The van der Waals surface area contributed by atoms with Crippen molar-refractivity contribution < 1.29 is 14.3 Å². The third-order valence-electron chi connectivity index (χ3n) is 4.80. The number of amides is 2. The molecule has 0 aliphatic heterocycles. The van der Waals surface area contributed by atoms with E-state index in [1.807, 2.05) is 59.7 Å². The Bertz CT molecular complexity index is 950. The molecule has 0 unspecified atom stereocenters. The first kappa shape index (κ1) is 26.0. The molecule has 7 heteroatoms. The van der Waals surface area contributed by atoms with E-state index in [9.17, 15) is 9.59 Å². The molecule has 0 spiro atoms. The van der Waals surface area contributed by atoms with E-state index < -0.39 is 11.6 Å². The van der Waals surface area contributed by atoms with Gasteiger partial charge in [-0.1, -0.05) is 42.3 Å². The molecule has 0 radical (unpaired) electrons. The summed E-state index contributed by atoms with van der Waals surface area (Å²) < 4.78 is 5.80. The number of carbonyl (C=O) groups excluding carboxylic acids is 2. The van der Waals surface area contributed by atoms with Gasteiger partial charge in [0.25, 0.3) is 5.91 Å². The van der Waals surface area contributed by atoms with E-state index in [1.165, 1.54) is 4.90 Å². The van der Waals surface area contributed by atoms with Gasteiger partial charge in [0.1, 0.15) is 11.8 Å². The molecule has 0 saturated heterocycles. The van der Waals surface area contributed by atoms with Crippen LogP contribution in [-0.4, -0.2) is 34.9 Å². The minimum Gasteiger partial charge on any atom is -0.484 e. The maximum absolute atomic E-state index is 13.3. The Balaban J connectivity index is 2.30. The summed E-state index contributed by atoms with van der Waals surface area (Å²) in [6.07, 6.45) is 0.447. The summed E-state index contributed by atoms with van der Waals surface area (Å²) in [6, 6.07) is 10.2. The molecule has 2 aromatic rings. The van der Waals surface area contributed by atoms with Gasteiger partial charge >= 0.3 is 0 Å². The molecule has 1 atom stereocenters. The molecule has 32 heavy (non-hydrogen) atoms. The number of nitrogens with one attached hydrogen (secondary N) is 1. The summed E-state index contributed by atoms with van der Waals surface area (Å²) in [5, 5.41) is 3.92. The van der Waals surface area contributed by atoms with Crippen molar-refractivity contribution in [1.82, 2.24) is 10.2 Å². The molecule has 0 aliphatic rings. The topological polar surface area (TPSA) is 58.6 Å². The lowest BCUT2D eigenvalue weighted by molar-refractivity contribution is -0.143. The first-order chi connectivity index (χ1) is 14.9. The van der Waals surface area contributed by atoms with E-state index in [1.54, 1.807) is 18.2 Å². The second kappa shape index (κ2) is 11.1. The van der Waals surface area contributed by atoms with Gasteiger partial charge in [0, 0.05) is 22.1 Å². The highest BCUT2D eigenvalue weighted by molar-refractivity contribution is 6.35. The van der Waals surface area contributed by atoms with Crippen LogP contribution < -0.4 is 10.1 Å². The van der Waals surface area contributed by atoms with Crippen molar-refractivity contribution in [3.63, 3.8) is 0 Å². The molecular weight excluding hydrogens is 447 g/mol. The van der Waals surface area contributed by atoms with Crippen LogP contribution in [0.1, 0.15) is 50.8 Å². The van der Waals surface area contributed by atoms with Crippen molar-refractivity contribution in [1.29, 1.82) is 0 Å². The average molecular weight is 479 g/mol. The molecule has 1 N–H and O–H groups in total. The van der Waals surface area contributed by atoms with Crippen LogP contribution in [0, 0.1) is 13.8 Å². The molecule has 0 heterocycles. The van der Waals surface area contributed by atoms with E-state index in [4.69, 9.17) is 27.9 Å². The number of nitrogens with zero attached hydrogens (tertiary/aromatic N) is 1. The van der Waals surface area contributed by atoms with E-state index in [2.05, 4.69) is 5.32 Å². The fourth-order valence-corrected chi connectivity index (χ4v) is 3.92. The zero-order chi connectivity index (χ0) is 24.1. The van der Waals surface area contributed by atoms with Crippen molar-refractivity contribution >= 4 is 35.0 Å². The van der Waals surface area contributed by atoms with Crippen molar-refractivity contribution in [2.45, 2.75) is 66.1 Å². The monoisotopic (exact) mass is 478 g/mol. The Morgan fingerprint density at radius 2 is 1.69 bits per heavy atom. The number of hydrogen-bond donors (Lipinski definition) is 1. The van der Waals surface area contributed by atoms with Crippen molar-refractivity contribution in [3.8, 4) is 5.75 Å². The number of halogens is 2. The lowest BCUT2D eigenvalue weighted by Crippen LogP contribution is -2.54. The third-order valence-corrected chi connectivity index (χ3v) is 5.38. The Labute approximate surface area is 201 Å². The van der Waals surface area contributed by atoms with E-state index in [-0.39, 0.29) is 25.0 Å². The molecule has 174 valence electrons. The van der Waals surface area contributed by atoms with E-state index >= 15 is 0 Å². The van der Waals surface area contributed by atoms with Crippen LogP contribution in [0.25, 0.3) is 0 Å². The van der Waals surface area contributed by atoms with Gasteiger partial charge in [0.15, 0.2) is 6.61 Å². The van der Waals surface area contributed by atoms with E-state index in [0.29, 0.717) is 27.8 Å². The van der Waals surface area contributed by atoms with E-state index in [0.717, 1.165) is 11.1 Å². The van der Waals surface area contributed by atoms with Crippen LogP contribution in [0.2, 0.25) is 10.0 Å². The highest BCUT2D eigenvalue weighted by atomic mass is 35.5. The summed E-state index contributed by atoms with van der Waals surface area (Å²) in [4.78, 5) is 27.8. The van der Waals surface area contributed by atoms with Gasteiger partial charge in [-0.2, -0.15) is 0 Å². The van der Waals surface area contributed by atoms with Crippen LogP contribution >= 0.6 is 23.2 Å². The molecule has 5 nitrogen and oxygen atoms in total. The Morgan fingerprint density at radius 3 is 2.22 bits per heavy atom. The number of benzene rings is 2. The molecule has 0 fully saturated rings. The zero-order valence-electron chi connectivity index (χ0n) is 19.6. The molecule has 0 saturated carbocycles. The van der Waals surface area contributed by atoms with Gasteiger partial charge in [-0.3, -0.25) is 9.59 Å². The number of rotatable bonds is 8. The minimum atomic E-state index is -0.670. The molecule has 0 aliphatic carbocycles. The zero-order valence-corrected chi connectivity index (χ0v) is 21.1. The highest BCUT2D eigenvalue weighted by Crippen LogP contribution is 2.24. The lowest BCUT2D eigenvalue weighted by Gasteiger charge is -2.33. The van der Waals surface area contributed by atoms with Crippen LogP contribution in [-0.2, 0) is 16.1 Å². The Morgan fingerprint density at radius 1 is 1.06 bits per heavy atom. The quantitative estimate of drug-likeness (QED) is 0.528. The number of hydrogen-bond acceptors (Lipinski definition) is 3. The first-order valence-electron chi connectivity index (χ1n) is 10.7. The second-order valence-electron chi connectivity index (χ2n) is 9.03. The van der Waals surface area contributed by atoms with Crippen molar-refractivity contribution in [2.75, 3.05) is 6.61 Å². The minimum absolute atomic E-state index is 0.168. The third kappa shape index (κ3) is 7.72. The average Bonchev–Trinajstić information content (AvgIpc) is 2.65. The molecular formula is C25H32Cl2N2O3. The summed E-state index contributed by atoms with van der Waals surface area (Å²) in [6.45, 7) is 11.5. The fourth-order valence-electron chi connectivity index (χ4n) is 3.45. The molecule has 0 aromatic heterocycles.